The van der Waals surface area contributed by atoms with E-state index in [2.05, 4.69) is 31.9 Å². The Kier molecular flexibility index (Phi) is 5.92. The topological polar surface area (TPSA) is 80.8 Å². The van der Waals surface area contributed by atoms with E-state index in [0.29, 0.717) is 5.56 Å². The average molecular weight is 541 g/mol. The number of fused-ring (bicyclic) bond motifs is 5. The first-order valence-corrected chi connectivity index (χ1v) is 11.9. The molecule has 1 heterocycles. The van der Waals surface area contributed by atoms with Crippen molar-refractivity contribution in [1.82, 2.24) is 4.90 Å². The van der Waals surface area contributed by atoms with E-state index < -0.39 is 5.97 Å². The predicted molar refractivity (Wildman–Crippen MR) is 117 cm³/mol. The molecule has 2 bridgehead atoms. The molecule has 2 amide bonds. The highest BCUT2D eigenvalue weighted by Crippen LogP contribution is 2.60. The normalized spacial score (nSPS) is 31.9. The number of nitrogens with zero attached hydrogens (tertiary/aromatic N) is 1. The summed E-state index contributed by atoms with van der Waals surface area (Å²) in [5.41, 5.74) is 2.31. The Balaban J connectivity index is 1.31. The van der Waals surface area contributed by atoms with Crippen molar-refractivity contribution < 1.29 is 23.9 Å². The number of ether oxygens (including phenoxy) is 1. The standard InChI is InChI=1S/C22H23Br2NO5/c1-10-3-4-11(2)12(7-10)15(26)9-30-16(27)5-6-25-21(28)17-13-8-14(18(17)22(25)29)20(24)19(13)23/h3-4,7,13-14,17-20H,5-6,8-9H2,1-2H3/t13-,14+,17-,18+,19-,20+. The zero-order chi connectivity index (χ0) is 21.7. The van der Waals surface area contributed by atoms with Crippen molar-refractivity contribution in [1.29, 1.82) is 0 Å². The number of Topliss-reactive ketones (excluding diaryl/α,β-unsaturated/α-hetero) is 1. The van der Waals surface area contributed by atoms with Gasteiger partial charge in [-0.3, -0.25) is 24.1 Å². The van der Waals surface area contributed by atoms with Crippen LogP contribution < -0.4 is 0 Å². The molecule has 0 radical (unpaired) electrons. The molecule has 3 aliphatic rings. The lowest BCUT2D eigenvalue weighted by Crippen LogP contribution is -2.37. The fourth-order valence-corrected chi connectivity index (χ4v) is 7.04. The summed E-state index contributed by atoms with van der Waals surface area (Å²) in [6.07, 6.45) is 0.761. The number of hydrogen-bond donors (Lipinski definition) is 0. The minimum atomic E-state index is -0.592. The molecule has 1 aromatic rings. The molecule has 6 atom stereocenters. The summed E-state index contributed by atoms with van der Waals surface area (Å²) >= 11 is 7.31. The van der Waals surface area contributed by atoms with Gasteiger partial charge in [0.25, 0.3) is 0 Å². The summed E-state index contributed by atoms with van der Waals surface area (Å²) in [7, 11) is 0. The summed E-state index contributed by atoms with van der Waals surface area (Å²) in [5, 5.41) is 0. The molecule has 160 valence electrons. The first-order chi connectivity index (χ1) is 14.2. The molecule has 0 aromatic heterocycles. The van der Waals surface area contributed by atoms with Crippen LogP contribution in [0.15, 0.2) is 18.2 Å². The number of benzene rings is 1. The Labute approximate surface area is 192 Å². The van der Waals surface area contributed by atoms with Gasteiger partial charge in [-0.25, -0.2) is 0 Å². The van der Waals surface area contributed by atoms with Crippen molar-refractivity contribution in [3.8, 4) is 0 Å². The third-order valence-corrected chi connectivity index (χ3v) is 9.88. The van der Waals surface area contributed by atoms with Gasteiger partial charge in [0, 0.05) is 21.8 Å². The zero-order valence-corrected chi connectivity index (χ0v) is 19.9. The largest absolute Gasteiger partial charge is 0.457 e. The molecular formula is C22H23Br2NO5. The molecule has 2 aliphatic carbocycles. The van der Waals surface area contributed by atoms with Gasteiger partial charge in [0.05, 0.1) is 18.3 Å². The highest BCUT2D eigenvalue weighted by molar-refractivity contribution is 9.12. The second-order valence-corrected chi connectivity index (χ2v) is 10.6. The molecule has 6 nitrogen and oxygen atoms in total. The third kappa shape index (κ3) is 3.55. The van der Waals surface area contributed by atoms with Crippen LogP contribution in [0.2, 0.25) is 0 Å². The quantitative estimate of drug-likeness (QED) is 0.239. The van der Waals surface area contributed by atoms with Crippen LogP contribution in [-0.4, -0.2) is 51.3 Å². The smallest absolute Gasteiger partial charge is 0.308 e. The van der Waals surface area contributed by atoms with Gasteiger partial charge in [-0.2, -0.15) is 0 Å². The number of likely N-dealkylation sites (tertiary alicyclic amines) is 1. The van der Waals surface area contributed by atoms with Gasteiger partial charge in [-0.1, -0.05) is 49.6 Å². The number of carbonyl (C=O) groups is 4. The fourth-order valence-electron chi connectivity index (χ4n) is 5.17. The van der Waals surface area contributed by atoms with E-state index >= 15 is 0 Å². The second kappa shape index (κ2) is 8.19. The van der Waals surface area contributed by atoms with Gasteiger partial charge in [0.2, 0.25) is 17.6 Å². The summed E-state index contributed by atoms with van der Waals surface area (Å²) < 4.78 is 5.11. The molecule has 2 saturated carbocycles. The van der Waals surface area contributed by atoms with Gasteiger partial charge < -0.3 is 4.74 Å². The number of carbonyl (C=O) groups excluding carboxylic acids is 4. The van der Waals surface area contributed by atoms with Gasteiger partial charge >= 0.3 is 5.97 Å². The highest BCUT2D eigenvalue weighted by atomic mass is 79.9. The summed E-state index contributed by atoms with van der Waals surface area (Å²) in [6, 6.07) is 5.54. The van der Waals surface area contributed by atoms with Crippen LogP contribution in [0.4, 0.5) is 0 Å². The van der Waals surface area contributed by atoms with Gasteiger partial charge in [-0.05, 0) is 43.7 Å². The number of hydrogen-bond acceptors (Lipinski definition) is 5. The van der Waals surface area contributed by atoms with Crippen molar-refractivity contribution in [3.63, 3.8) is 0 Å². The van der Waals surface area contributed by atoms with E-state index in [1.54, 1.807) is 6.07 Å². The Morgan fingerprint density at radius 3 is 2.27 bits per heavy atom. The molecule has 8 heteroatoms. The summed E-state index contributed by atoms with van der Waals surface area (Å²) in [5.74, 6) is -1.51. The second-order valence-electron chi connectivity index (χ2n) is 8.48. The van der Waals surface area contributed by atoms with E-state index in [9.17, 15) is 19.2 Å². The van der Waals surface area contributed by atoms with Crippen LogP contribution in [0.5, 0.6) is 0 Å². The summed E-state index contributed by atoms with van der Waals surface area (Å²) in [6.45, 7) is 3.37. The number of halogens is 2. The Hall–Kier alpha value is -1.54. The lowest BCUT2D eigenvalue weighted by Gasteiger charge is -2.28. The van der Waals surface area contributed by atoms with Crippen molar-refractivity contribution in [3.05, 3.63) is 34.9 Å². The molecular weight excluding hydrogens is 518 g/mol. The SMILES string of the molecule is Cc1ccc(C)c(C(=O)COC(=O)CCN2C(=O)[C@@H]3[C@H]4C[C@H]([C@H](Br)[C@@H]4Br)[C@@H]3C2=O)c1. The van der Waals surface area contributed by atoms with E-state index in [4.69, 9.17) is 4.74 Å². The van der Waals surface area contributed by atoms with Crippen LogP contribution in [-0.2, 0) is 19.1 Å². The molecule has 30 heavy (non-hydrogen) atoms. The molecule has 1 saturated heterocycles. The number of rotatable bonds is 6. The van der Waals surface area contributed by atoms with Gasteiger partial charge in [0.15, 0.2) is 6.61 Å². The summed E-state index contributed by atoms with van der Waals surface area (Å²) in [4.78, 5) is 51.8. The van der Waals surface area contributed by atoms with Crippen LogP contribution in [0.3, 0.4) is 0 Å². The lowest BCUT2D eigenvalue weighted by atomic mass is 9.81. The van der Waals surface area contributed by atoms with Crippen molar-refractivity contribution in [2.45, 2.75) is 36.3 Å². The molecule has 4 rings (SSSR count). The maximum absolute atomic E-state index is 12.8. The molecule has 1 aliphatic heterocycles. The highest BCUT2D eigenvalue weighted by Gasteiger charge is 2.66. The van der Waals surface area contributed by atoms with Gasteiger partial charge in [-0.15, -0.1) is 0 Å². The van der Waals surface area contributed by atoms with Crippen LogP contribution >= 0.6 is 31.9 Å². The van der Waals surface area contributed by atoms with Crippen LogP contribution in [0.25, 0.3) is 0 Å². The van der Waals surface area contributed by atoms with Crippen molar-refractivity contribution in [2.75, 3.05) is 13.2 Å². The maximum atomic E-state index is 12.8. The zero-order valence-electron chi connectivity index (χ0n) is 16.8. The van der Waals surface area contributed by atoms with Gasteiger partial charge in [0.1, 0.15) is 0 Å². The fraction of sp³-hybridized carbons (Fsp3) is 0.545. The van der Waals surface area contributed by atoms with E-state index in [0.717, 1.165) is 17.5 Å². The first kappa shape index (κ1) is 21.7. The van der Waals surface area contributed by atoms with Crippen LogP contribution in [0, 0.1) is 37.5 Å². The first-order valence-electron chi connectivity index (χ1n) is 10.1. The number of aryl methyl sites for hydroxylation is 2. The molecule has 3 fully saturated rings. The van der Waals surface area contributed by atoms with Crippen molar-refractivity contribution in [2.24, 2.45) is 23.7 Å². The van der Waals surface area contributed by atoms with E-state index in [-0.39, 0.29) is 70.5 Å². The molecule has 0 unspecified atom stereocenters. The number of esters is 1. The maximum Gasteiger partial charge on any atom is 0.308 e. The third-order valence-electron chi connectivity index (χ3n) is 6.68. The Morgan fingerprint density at radius 1 is 1.07 bits per heavy atom. The number of alkyl halides is 2. The minimum absolute atomic E-state index is 0.000504. The average Bonchev–Trinajstić information content (AvgIpc) is 3.31. The minimum Gasteiger partial charge on any atom is -0.457 e. The Bertz CT molecular complexity index is 900. The van der Waals surface area contributed by atoms with E-state index in [1.807, 2.05) is 26.0 Å². The molecule has 0 spiro atoms. The number of ketones is 1. The lowest BCUT2D eigenvalue weighted by molar-refractivity contribution is -0.145. The predicted octanol–water partition coefficient (Wildman–Crippen LogP) is 3.20. The van der Waals surface area contributed by atoms with Crippen LogP contribution in [0.1, 0.15) is 34.3 Å². The van der Waals surface area contributed by atoms with Crippen molar-refractivity contribution >= 4 is 55.4 Å². The number of amides is 2. The Morgan fingerprint density at radius 2 is 1.67 bits per heavy atom. The molecule has 1 aromatic carbocycles. The van der Waals surface area contributed by atoms with E-state index in [1.165, 1.54) is 4.90 Å². The molecule has 0 N–H and O–H groups in total. The number of imide groups is 1. The monoisotopic (exact) mass is 539 g/mol.